The smallest absolute Gasteiger partial charge is 0.179 e. The Morgan fingerprint density at radius 1 is 1.26 bits per heavy atom. The minimum atomic E-state index is -1.11. The lowest BCUT2D eigenvalue weighted by atomic mass is 10.0. The molecule has 0 bridgehead atoms. The highest BCUT2D eigenvalue weighted by Gasteiger charge is 2.22. The number of halogens is 2. The first-order chi connectivity index (χ1) is 9.01. The van der Waals surface area contributed by atoms with E-state index in [1.54, 1.807) is 0 Å². The number of nitrogens with zero attached hydrogens (tertiary/aromatic N) is 3. The number of hydrogen-bond acceptors (Lipinski definition) is 4. The SMILES string of the molecule is CC(C(=O)c1ccc(F)c(F)c1)N(CC#N)CC#N. The van der Waals surface area contributed by atoms with E-state index < -0.39 is 23.5 Å². The second-order valence-electron chi connectivity index (χ2n) is 3.89. The molecule has 19 heavy (non-hydrogen) atoms. The summed E-state index contributed by atoms with van der Waals surface area (Å²) < 4.78 is 25.8. The van der Waals surface area contributed by atoms with Crippen molar-refractivity contribution in [2.45, 2.75) is 13.0 Å². The zero-order valence-electron chi connectivity index (χ0n) is 10.2. The van der Waals surface area contributed by atoms with Crippen molar-refractivity contribution in [1.82, 2.24) is 4.90 Å². The summed E-state index contributed by atoms with van der Waals surface area (Å²) in [6, 6.07) is 5.79. The van der Waals surface area contributed by atoms with Crippen LogP contribution in [0, 0.1) is 34.3 Å². The average molecular weight is 263 g/mol. The molecule has 1 aromatic rings. The predicted molar refractivity (Wildman–Crippen MR) is 62.9 cm³/mol. The number of nitriles is 2. The molecule has 1 unspecified atom stereocenters. The van der Waals surface area contributed by atoms with Crippen LogP contribution in [0.15, 0.2) is 18.2 Å². The van der Waals surface area contributed by atoms with E-state index in [4.69, 9.17) is 10.5 Å². The Hall–Kier alpha value is -2.31. The van der Waals surface area contributed by atoms with Crippen LogP contribution in [0.1, 0.15) is 17.3 Å². The van der Waals surface area contributed by atoms with Crippen molar-refractivity contribution >= 4 is 5.78 Å². The number of hydrogen-bond donors (Lipinski definition) is 0. The topological polar surface area (TPSA) is 67.9 Å². The van der Waals surface area contributed by atoms with Gasteiger partial charge in [0, 0.05) is 5.56 Å². The Morgan fingerprint density at radius 3 is 2.32 bits per heavy atom. The molecule has 0 saturated heterocycles. The van der Waals surface area contributed by atoms with Gasteiger partial charge in [0.2, 0.25) is 0 Å². The molecule has 1 atom stereocenters. The van der Waals surface area contributed by atoms with Crippen LogP contribution in [0.25, 0.3) is 0 Å². The monoisotopic (exact) mass is 263 g/mol. The molecule has 0 fully saturated rings. The maximum absolute atomic E-state index is 13.1. The van der Waals surface area contributed by atoms with Gasteiger partial charge in [0.25, 0.3) is 0 Å². The maximum Gasteiger partial charge on any atom is 0.179 e. The minimum Gasteiger partial charge on any atom is -0.292 e. The number of carbonyl (C=O) groups excluding carboxylic acids is 1. The molecular formula is C13H11F2N3O. The molecule has 0 heterocycles. The summed E-state index contributed by atoms with van der Waals surface area (Å²) >= 11 is 0. The summed E-state index contributed by atoms with van der Waals surface area (Å²) in [6.07, 6.45) is 0. The third-order valence-electron chi connectivity index (χ3n) is 2.68. The molecule has 1 rings (SSSR count). The van der Waals surface area contributed by atoms with E-state index in [0.717, 1.165) is 12.1 Å². The van der Waals surface area contributed by atoms with E-state index in [1.807, 2.05) is 12.1 Å². The highest BCUT2D eigenvalue weighted by atomic mass is 19.2. The largest absolute Gasteiger partial charge is 0.292 e. The molecule has 0 amide bonds. The Bertz CT molecular complexity index is 544. The van der Waals surface area contributed by atoms with Gasteiger partial charge in [-0.1, -0.05) is 0 Å². The van der Waals surface area contributed by atoms with Crippen molar-refractivity contribution in [1.29, 1.82) is 10.5 Å². The highest BCUT2D eigenvalue weighted by Crippen LogP contribution is 2.13. The Morgan fingerprint density at radius 2 is 1.84 bits per heavy atom. The van der Waals surface area contributed by atoms with Gasteiger partial charge < -0.3 is 0 Å². The normalized spacial score (nSPS) is 11.7. The standard InChI is InChI=1S/C13H11F2N3O/c1-9(18(6-4-16)7-5-17)13(19)10-2-3-11(14)12(15)8-10/h2-3,8-9H,6-7H2,1H3. The number of carbonyl (C=O) groups is 1. The quantitative estimate of drug-likeness (QED) is 0.601. The van der Waals surface area contributed by atoms with Crippen LogP contribution < -0.4 is 0 Å². The van der Waals surface area contributed by atoms with Crippen LogP contribution in [0.2, 0.25) is 0 Å². The second-order valence-corrected chi connectivity index (χ2v) is 3.89. The first-order valence-corrected chi connectivity index (χ1v) is 5.48. The van der Waals surface area contributed by atoms with Gasteiger partial charge in [0.15, 0.2) is 17.4 Å². The molecule has 0 aliphatic carbocycles. The molecule has 0 aliphatic heterocycles. The summed E-state index contributed by atoms with van der Waals surface area (Å²) in [7, 11) is 0. The van der Waals surface area contributed by atoms with Gasteiger partial charge in [-0.25, -0.2) is 8.78 Å². The predicted octanol–water partition coefficient (Wildman–Crippen LogP) is 1.89. The second kappa shape index (κ2) is 6.58. The Kier molecular flexibility index (Phi) is 5.11. The summed E-state index contributed by atoms with van der Waals surface area (Å²) in [6.45, 7) is 1.33. The Labute approximate surface area is 109 Å². The van der Waals surface area contributed by atoms with Crippen LogP contribution in [0.5, 0.6) is 0 Å². The third-order valence-corrected chi connectivity index (χ3v) is 2.68. The van der Waals surface area contributed by atoms with Crippen molar-refractivity contribution in [3.63, 3.8) is 0 Å². The van der Waals surface area contributed by atoms with Gasteiger partial charge in [-0.15, -0.1) is 0 Å². The molecule has 1 aromatic carbocycles. The van der Waals surface area contributed by atoms with Crippen molar-refractivity contribution in [3.8, 4) is 12.1 Å². The lowest BCUT2D eigenvalue weighted by Gasteiger charge is -2.22. The summed E-state index contributed by atoms with van der Waals surface area (Å²) in [5.41, 5.74) is 0.00674. The van der Waals surface area contributed by atoms with Gasteiger partial charge in [-0.2, -0.15) is 10.5 Å². The molecule has 0 aliphatic rings. The average Bonchev–Trinajstić information content (AvgIpc) is 2.40. The van der Waals surface area contributed by atoms with Gasteiger partial charge in [-0.3, -0.25) is 9.69 Å². The number of rotatable bonds is 5. The first-order valence-electron chi connectivity index (χ1n) is 5.48. The van der Waals surface area contributed by atoms with Crippen LogP contribution >= 0.6 is 0 Å². The van der Waals surface area contributed by atoms with Gasteiger partial charge in [0.1, 0.15) is 0 Å². The molecule has 0 aromatic heterocycles. The zero-order chi connectivity index (χ0) is 14.4. The van der Waals surface area contributed by atoms with Gasteiger partial charge in [-0.05, 0) is 25.1 Å². The fraction of sp³-hybridized carbons (Fsp3) is 0.308. The lowest BCUT2D eigenvalue weighted by molar-refractivity contribution is 0.0868. The van der Waals surface area contributed by atoms with E-state index in [2.05, 4.69) is 0 Å². The number of ketones is 1. The molecule has 0 N–H and O–H groups in total. The van der Waals surface area contributed by atoms with Crippen LogP contribution in [-0.2, 0) is 0 Å². The fourth-order valence-electron chi connectivity index (χ4n) is 1.57. The summed E-state index contributed by atoms with van der Waals surface area (Å²) in [4.78, 5) is 13.4. The molecule has 98 valence electrons. The molecular weight excluding hydrogens is 252 g/mol. The third kappa shape index (κ3) is 3.57. The molecule has 6 heteroatoms. The minimum absolute atomic E-state index is 0.00674. The van der Waals surface area contributed by atoms with E-state index in [0.29, 0.717) is 0 Å². The maximum atomic E-state index is 13.1. The van der Waals surface area contributed by atoms with E-state index in [-0.39, 0.29) is 18.7 Å². The van der Waals surface area contributed by atoms with Crippen LogP contribution in [0.4, 0.5) is 8.78 Å². The highest BCUT2D eigenvalue weighted by molar-refractivity contribution is 5.99. The number of benzene rings is 1. The van der Waals surface area contributed by atoms with Crippen LogP contribution in [0.3, 0.4) is 0 Å². The van der Waals surface area contributed by atoms with Crippen molar-refractivity contribution in [2.75, 3.05) is 13.1 Å². The van der Waals surface area contributed by atoms with Crippen molar-refractivity contribution < 1.29 is 13.6 Å². The zero-order valence-corrected chi connectivity index (χ0v) is 10.2. The molecule has 0 saturated carbocycles. The summed E-state index contributed by atoms with van der Waals surface area (Å²) in [5, 5.41) is 17.2. The first kappa shape index (κ1) is 14.7. The van der Waals surface area contributed by atoms with Crippen LogP contribution in [-0.4, -0.2) is 29.8 Å². The molecule has 0 radical (unpaired) electrons. The molecule has 4 nitrogen and oxygen atoms in total. The van der Waals surface area contributed by atoms with Gasteiger partial charge >= 0.3 is 0 Å². The summed E-state index contributed by atoms with van der Waals surface area (Å²) in [5.74, 6) is -2.61. The molecule has 0 spiro atoms. The fourth-order valence-corrected chi connectivity index (χ4v) is 1.57. The lowest BCUT2D eigenvalue weighted by Crippen LogP contribution is -2.39. The van der Waals surface area contributed by atoms with E-state index >= 15 is 0 Å². The van der Waals surface area contributed by atoms with Gasteiger partial charge in [0.05, 0.1) is 31.3 Å². The Balaban J connectivity index is 2.95. The number of Topliss-reactive ketones (excluding diaryl/α,β-unsaturated/α-hetero) is 1. The van der Waals surface area contributed by atoms with Crippen molar-refractivity contribution in [3.05, 3.63) is 35.4 Å². The van der Waals surface area contributed by atoms with E-state index in [1.165, 1.54) is 17.9 Å². The van der Waals surface area contributed by atoms with E-state index in [9.17, 15) is 13.6 Å². The van der Waals surface area contributed by atoms with Crippen molar-refractivity contribution in [2.24, 2.45) is 0 Å².